The van der Waals surface area contributed by atoms with Crippen LogP contribution in [0.1, 0.15) is 0 Å². The zero-order valence-corrected chi connectivity index (χ0v) is 32.9. The van der Waals surface area contributed by atoms with Crippen LogP contribution in [0.3, 0.4) is 0 Å². The molecule has 3 atom stereocenters. The molecule has 0 saturated carbocycles. The molecule has 13 nitrogen and oxygen atoms in total. The summed E-state index contributed by atoms with van der Waals surface area (Å²) in [5.41, 5.74) is 7.86. The van der Waals surface area contributed by atoms with E-state index in [9.17, 15) is 18.6 Å². The maximum atomic E-state index is 12.0. The molecule has 0 bridgehead atoms. The summed E-state index contributed by atoms with van der Waals surface area (Å²) in [4.78, 5) is 48.1. The Balaban J connectivity index is 1.13. The molecule has 0 aliphatic heterocycles. The molecule has 0 spiro atoms. The molecule has 5 aromatic carbocycles. The Morgan fingerprint density at radius 1 is 0.328 bits per heavy atom. The van der Waals surface area contributed by atoms with Gasteiger partial charge in [0.15, 0.2) is 0 Å². The number of pyridine rings is 4. The van der Waals surface area contributed by atoms with Crippen molar-refractivity contribution in [2.75, 3.05) is 0 Å². The molecule has 4 aromatic heterocycles. The van der Waals surface area contributed by atoms with E-state index in [0.29, 0.717) is 56.0 Å². The van der Waals surface area contributed by atoms with Gasteiger partial charge in [-0.2, -0.15) is 0 Å². The molecule has 3 N–H and O–H groups in total. The Labute approximate surface area is 331 Å². The zero-order valence-electron chi connectivity index (χ0n) is 29.9. The van der Waals surface area contributed by atoms with Gasteiger partial charge < -0.3 is 28.3 Å². The molecule has 0 fully saturated rings. The van der Waals surface area contributed by atoms with E-state index in [-0.39, 0.29) is 17.2 Å². The van der Waals surface area contributed by atoms with Gasteiger partial charge in [-0.05, 0) is 91.0 Å². The van der Waals surface area contributed by atoms with Gasteiger partial charge in [0.25, 0.3) is 0 Å². The minimum Gasteiger partial charge on any atom is -0.426 e. The van der Waals surface area contributed by atoms with Crippen molar-refractivity contribution >= 4 is 68.4 Å². The molecule has 58 heavy (non-hydrogen) atoms. The number of nitrogens with zero attached hydrogens (tertiary/aromatic N) is 4. The fourth-order valence-corrected chi connectivity index (χ4v) is 7.82. The largest absolute Gasteiger partial charge is 0.426 e. The van der Waals surface area contributed by atoms with Crippen LogP contribution in [-0.4, -0.2) is 34.6 Å². The van der Waals surface area contributed by atoms with Gasteiger partial charge in [0.2, 0.25) is 0 Å². The van der Waals surface area contributed by atoms with Gasteiger partial charge in [0.05, 0.1) is 44.8 Å². The van der Waals surface area contributed by atoms with Crippen LogP contribution in [0.4, 0.5) is 0 Å². The number of hydrogen-bond acceptors (Lipinski definition) is 10. The minimum absolute atomic E-state index is 0.164. The summed E-state index contributed by atoms with van der Waals surface area (Å²) in [6.45, 7) is 0. The van der Waals surface area contributed by atoms with E-state index in [4.69, 9.17) is 43.3 Å². The van der Waals surface area contributed by atoms with Gasteiger partial charge in [0, 0.05) is 43.8 Å². The van der Waals surface area contributed by atoms with Crippen LogP contribution in [0.15, 0.2) is 140 Å². The first-order valence-corrected chi connectivity index (χ1v) is 21.4. The first-order chi connectivity index (χ1) is 28.1. The lowest BCUT2D eigenvalue weighted by Crippen LogP contribution is -1.94. The standard InChI is InChI=1S/C42H29N4O9P3/c47-56(48)53-32-13-5-24(6-14-32)35-17-9-26-1-3-28-11-19-37(45-41(28)39(26)43-35)30-21-31(23-34(22-30)55-58(51)52)38-20-12-29-4-2-27-10-18-36(44-40(27)42(29)46-38)25-7-15-33(16-8-25)54-57(49)50/h1-23,56-58H,(H,47,48)(H,49,50)(H,51,52). The number of rotatable bonds is 10. The minimum atomic E-state index is -3.37. The Morgan fingerprint density at radius 3 is 0.914 bits per heavy atom. The van der Waals surface area contributed by atoms with Crippen molar-refractivity contribution in [3.05, 3.63) is 140 Å². The molecule has 3 unspecified atom stereocenters. The lowest BCUT2D eigenvalue weighted by Gasteiger charge is -2.12. The van der Waals surface area contributed by atoms with Gasteiger partial charge in [-0.25, -0.2) is 33.6 Å². The lowest BCUT2D eigenvalue weighted by molar-refractivity contribution is 0.409. The Hall–Kier alpha value is -6.29. The maximum Gasteiger partial charge on any atom is 0.365 e. The number of aromatic nitrogens is 4. The van der Waals surface area contributed by atoms with Gasteiger partial charge in [-0.3, -0.25) is 0 Å². The summed E-state index contributed by atoms with van der Waals surface area (Å²) >= 11 is 0. The molecule has 0 saturated heterocycles. The predicted molar refractivity (Wildman–Crippen MR) is 225 cm³/mol. The van der Waals surface area contributed by atoms with Crippen LogP contribution in [0.2, 0.25) is 0 Å². The van der Waals surface area contributed by atoms with Crippen LogP contribution in [0.25, 0.3) is 88.6 Å². The van der Waals surface area contributed by atoms with Crippen LogP contribution in [-0.2, 0) is 13.7 Å². The van der Waals surface area contributed by atoms with Crippen LogP contribution >= 0.6 is 24.8 Å². The summed E-state index contributed by atoms with van der Waals surface area (Å²) < 4.78 is 49.5. The average Bonchev–Trinajstić information content (AvgIpc) is 3.22. The van der Waals surface area contributed by atoms with Gasteiger partial charge in [0.1, 0.15) is 17.2 Å². The normalized spacial score (nSPS) is 13.1. The van der Waals surface area contributed by atoms with Crippen molar-refractivity contribution in [1.29, 1.82) is 0 Å². The van der Waals surface area contributed by atoms with Crippen molar-refractivity contribution in [2.24, 2.45) is 0 Å². The van der Waals surface area contributed by atoms with Crippen LogP contribution < -0.4 is 13.6 Å². The SMILES string of the molecule is O=[PH](O)Oc1ccc(-c2ccc3ccc4ccc(-c5cc(O[PH](=O)O)cc(-c6ccc7ccc8ccc(-c9ccc(O[PH](=O)O)cc9)nc8c7n6)c5)nc4c3n2)cc1. The van der Waals surface area contributed by atoms with Crippen molar-refractivity contribution in [2.45, 2.75) is 0 Å². The fourth-order valence-electron chi connectivity index (χ4n) is 6.82. The maximum absolute atomic E-state index is 12.0. The molecule has 0 aliphatic rings. The van der Waals surface area contributed by atoms with Gasteiger partial charge in [-0.1, -0.05) is 48.5 Å². The average molecular weight is 827 g/mol. The summed E-state index contributed by atoms with van der Waals surface area (Å²) in [6.07, 6.45) is 0. The first-order valence-electron chi connectivity index (χ1n) is 17.6. The molecule has 9 aromatic rings. The van der Waals surface area contributed by atoms with E-state index in [2.05, 4.69) is 0 Å². The van der Waals surface area contributed by atoms with E-state index >= 15 is 0 Å². The van der Waals surface area contributed by atoms with E-state index in [1.807, 2.05) is 78.9 Å². The van der Waals surface area contributed by atoms with E-state index in [0.717, 1.165) is 32.7 Å². The number of fused-ring (bicyclic) bond motifs is 6. The molecule has 16 heteroatoms. The van der Waals surface area contributed by atoms with E-state index in [1.54, 1.807) is 60.7 Å². The van der Waals surface area contributed by atoms with E-state index in [1.165, 1.54) is 0 Å². The summed E-state index contributed by atoms with van der Waals surface area (Å²) in [5, 5.41) is 3.44. The zero-order chi connectivity index (χ0) is 39.9. The molecule has 286 valence electrons. The second-order valence-electron chi connectivity index (χ2n) is 13.1. The van der Waals surface area contributed by atoms with Crippen molar-refractivity contribution in [3.8, 4) is 62.3 Å². The second-order valence-corrected chi connectivity index (χ2v) is 15.3. The highest BCUT2D eigenvalue weighted by atomic mass is 31.1. The van der Waals surface area contributed by atoms with Crippen LogP contribution in [0.5, 0.6) is 17.2 Å². The summed E-state index contributed by atoms with van der Waals surface area (Å²) in [6, 6.07) is 41.9. The molecule has 4 heterocycles. The first kappa shape index (κ1) is 37.3. The quantitative estimate of drug-likeness (QED) is 0.0873. The van der Waals surface area contributed by atoms with Gasteiger partial charge in [-0.15, -0.1) is 0 Å². The fraction of sp³-hybridized carbons (Fsp3) is 0. The third-order valence-corrected chi connectivity index (χ3v) is 10.7. The Kier molecular flexibility index (Phi) is 10.0. The third kappa shape index (κ3) is 7.71. The Morgan fingerprint density at radius 2 is 0.603 bits per heavy atom. The number of benzene rings is 5. The molecule has 0 amide bonds. The van der Waals surface area contributed by atoms with Crippen molar-refractivity contribution in [3.63, 3.8) is 0 Å². The van der Waals surface area contributed by atoms with Crippen LogP contribution in [0, 0.1) is 0 Å². The Bertz CT molecular complexity index is 2950. The van der Waals surface area contributed by atoms with Gasteiger partial charge >= 0.3 is 24.8 Å². The van der Waals surface area contributed by atoms with Crippen molar-refractivity contribution in [1.82, 2.24) is 19.9 Å². The summed E-state index contributed by atoms with van der Waals surface area (Å²) in [5.74, 6) is 0.718. The monoisotopic (exact) mass is 826 g/mol. The highest BCUT2D eigenvalue weighted by Crippen LogP contribution is 2.37. The molecular formula is C42H29N4O9P3. The smallest absolute Gasteiger partial charge is 0.365 e. The lowest BCUT2D eigenvalue weighted by atomic mass is 10.0. The topological polar surface area (TPSA) is 191 Å². The second kappa shape index (κ2) is 15.6. The third-order valence-electron chi connectivity index (χ3n) is 9.45. The molecule has 0 aliphatic carbocycles. The number of hydrogen-bond donors (Lipinski definition) is 3. The van der Waals surface area contributed by atoms with Crippen molar-refractivity contribution < 1.29 is 41.9 Å². The highest BCUT2D eigenvalue weighted by molar-refractivity contribution is 7.33. The molecule has 0 radical (unpaired) electrons. The highest BCUT2D eigenvalue weighted by Gasteiger charge is 2.15. The predicted octanol–water partition coefficient (Wildman–Crippen LogP) is 9.83. The summed E-state index contributed by atoms with van der Waals surface area (Å²) in [7, 11) is -9.62. The van der Waals surface area contributed by atoms with E-state index < -0.39 is 24.8 Å². The molecular weight excluding hydrogens is 797 g/mol. The molecule has 9 rings (SSSR count).